The van der Waals surface area contributed by atoms with E-state index in [1.807, 2.05) is 24.3 Å². The molecule has 0 heterocycles. The number of benzene rings is 1. The van der Waals surface area contributed by atoms with E-state index in [4.69, 9.17) is 5.73 Å². The summed E-state index contributed by atoms with van der Waals surface area (Å²) in [6, 6.07) is 11.1. The van der Waals surface area contributed by atoms with Crippen LogP contribution in [0.4, 0.5) is 0 Å². The van der Waals surface area contributed by atoms with Crippen LogP contribution in [0.25, 0.3) is 0 Å². The zero-order valence-electron chi connectivity index (χ0n) is 7.80. The van der Waals surface area contributed by atoms with Crippen molar-refractivity contribution in [3.63, 3.8) is 0 Å². The van der Waals surface area contributed by atoms with Crippen molar-refractivity contribution in [1.29, 1.82) is 0 Å². The van der Waals surface area contributed by atoms with Crippen LogP contribution in [-0.4, -0.2) is 0 Å². The summed E-state index contributed by atoms with van der Waals surface area (Å²) in [5.74, 6) is 0. The van der Waals surface area contributed by atoms with Gasteiger partial charge in [0, 0.05) is 5.54 Å². The largest absolute Gasteiger partial charge is 0.321 e. The van der Waals surface area contributed by atoms with Crippen LogP contribution in [0, 0.1) is 6.07 Å². The summed E-state index contributed by atoms with van der Waals surface area (Å²) in [5, 5.41) is 0. The predicted octanol–water partition coefficient (Wildman–Crippen LogP) is 2.46. The monoisotopic (exact) mass is 162 g/mol. The standard InChI is InChI=1S/C11H16N/c1-3-11(12,4-2)10-8-6-5-7-9-10/h5-8H,3-4,12H2,1-2H3. The summed E-state index contributed by atoms with van der Waals surface area (Å²) in [7, 11) is 0. The molecule has 0 unspecified atom stereocenters. The number of rotatable bonds is 3. The van der Waals surface area contributed by atoms with E-state index in [1.54, 1.807) is 0 Å². The Kier molecular flexibility index (Phi) is 2.88. The Hall–Kier alpha value is -0.820. The zero-order valence-corrected chi connectivity index (χ0v) is 7.80. The fourth-order valence-corrected chi connectivity index (χ4v) is 1.33. The molecule has 0 saturated heterocycles. The molecule has 0 aliphatic carbocycles. The van der Waals surface area contributed by atoms with Gasteiger partial charge in [0.1, 0.15) is 0 Å². The molecule has 0 aliphatic rings. The van der Waals surface area contributed by atoms with E-state index in [0.29, 0.717) is 0 Å². The highest BCUT2D eigenvalue weighted by Crippen LogP contribution is 2.24. The van der Waals surface area contributed by atoms with E-state index in [1.165, 1.54) is 0 Å². The molecule has 1 aromatic rings. The van der Waals surface area contributed by atoms with Gasteiger partial charge in [-0.2, -0.15) is 0 Å². The van der Waals surface area contributed by atoms with Crippen molar-refractivity contribution in [2.24, 2.45) is 5.73 Å². The first-order valence-corrected chi connectivity index (χ1v) is 4.49. The maximum Gasteiger partial charge on any atom is 0.0410 e. The van der Waals surface area contributed by atoms with Gasteiger partial charge in [-0.1, -0.05) is 38.1 Å². The molecule has 0 amide bonds. The molecule has 12 heavy (non-hydrogen) atoms. The second kappa shape index (κ2) is 3.72. The van der Waals surface area contributed by atoms with Crippen LogP contribution in [0.15, 0.2) is 24.3 Å². The zero-order chi connectivity index (χ0) is 9.03. The fraction of sp³-hybridized carbons (Fsp3) is 0.455. The Morgan fingerprint density at radius 1 is 1.33 bits per heavy atom. The van der Waals surface area contributed by atoms with E-state index in [2.05, 4.69) is 19.9 Å². The third-order valence-electron chi connectivity index (χ3n) is 2.51. The molecule has 0 saturated carbocycles. The van der Waals surface area contributed by atoms with Crippen molar-refractivity contribution in [2.45, 2.75) is 32.2 Å². The molecular weight excluding hydrogens is 146 g/mol. The Morgan fingerprint density at radius 2 is 2.00 bits per heavy atom. The quantitative estimate of drug-likeness (QED) is 0.726. The van der Waals surface area contributed by atoms with E-state index in [-0.39, 0.29) is 5.54 Å². The molecule has 1 rings (SSSR count). The third kappa shape index (κ3) is 1.67. The molecule has 1 heteroatoms. The van der Waals surface area contributed by atoms with Gasteiger partial charge >= 0.3 is 0 Å². The number of nitrogens with two attached hydrogens (primary N) is 1. The lowest BCUT2D eigenvalue weighted by Gasteiger charge is -2.26. The van der Waals surface area contributed by atoms with Gasteiger partial charge in [0.15, 0.2) is 0 Å². The highest BCUT2D eigenvalue weighted by atomic mass is 14.7. The van der Waals surface area contributed by atoms with E-state index >= 15 is 0 Å². The molecule has 0 fully saturated rings. The van der Waals surface area contributed by atoms with Crippen molar-refractivity contribution in [1.82, 2.24) is 0 Å². The molecule has 1 nitrogen and oxygen atoms in total. The maximum absolute atomic E-state index is 6.19. The van der Waals surface area contributed by atoms with Crippen LogP contribution in [0.5, 0.6) is 0 Å². The molecule has 0 bridgehead atoms. The minimum Gasteiger partial charge on any atom is -0.321 e. The van der Waals surface area contributed by atoms with E-state index in [0.717, 1.165) is 18.4 Å². The third-order valence-corrected chi connectivity index (χ3v) is 2.51. The Bertz CT molecular complexity index is 224. The van der Waals surface area contributed by atoms with Gasteiger partial charge < -0.3 is 5.73 Å². The van der Waals surface area contributed by atoms with Crippen LogP contribution in [0.3, 0.4) is 0 Å². The molecule has 0 spiro atoms. The minimum atomic E-state index is -0.179. The number of hydrogen-bond donors (Lipinski definition) is 1. The van der Waals surface area contributed by atoms with Gasteiger partial charge in [0.25, 0.3) is 0 Å². The van der Waals surface area contributed by atoms with Crippen molar-refractivity contribution >= 4 is 0 Å². The maximum atomic E-state index is 6.19. The van der Waals surface area contributed by atoms with Crippen LogP contribution in [-0.2, 0) is 5.54 Å². The summed E-state index contributed by atoms with van der Waals surface area (Å²) in [4.78, 5) is 0. The van der Waals surface area contributed by atoms with E-state index in [9.17, 15) is 0 Å². The SMILES string of the molecule is CCC(N)(CC)c1[c]cccc1. The van der Waals surface area contributed by atoms with E-state index < -0.39 is 0 Å². The molecular formula is C11H16N. The van der Waals surface area contributed by atoms with Crippen LogP contribution in [0.1, 0.15) is 32.3 Å². The molecule has 0 aromatic heterocycles. The summed E-state index contributed by atoms with van der Waals surface area (Å²) < 4.78 is 0. The molecule has 1 aromatic carbocycles. The topological polar surface area (TPSA) is 26.0 Å². The minimum absolute atomic E-state index is 0.179. The average molecular weight is 162 g/mol. The van der Waals surface area contributed by atoms with Gasteiger partial charge in [-0.15, -0.1) is 0 Å². The van der Waals surface area contributed by atoms with Crippen LogP contribution >= 0.6 is 0 Å². The van der Waals surface area contributed by atoms with Crippen molar-refractivity contribution in [3.05, 3.63) is 35.9 Å². The first-order valence-electron chi connectivity index (χ1n) is 4.49. The summed E-state index contributed by atoms with van der Waals surface area (Å²) in [6.45, 7) is 4.23. The van der Waals surface area contributed by atoms with Crippen molar-refractivity contribution in [2.75, 3.05) is 0 Å². The Morgan fingerprint density at radius 3 is 2.42 bits per heavy atom. The van der Waals surface area contributed by atoms with Gasteiger partial charge in [0.2, 0.25) is 0 Å². The van der Waals surface area contributed by atoms with Gasteiger partial charge in [-0.3, -0.25) is 0 Å². The second-order valence-electron chi connectivity index (χ2n) is 3.14. The smallest absolute Gasteiger partial charge is 0.0410 e. The highest BCUT2D eigenvalue weighted by molar-refractivity contribution is 5.21. The summed E-state index contributed by atoms with van der Waals surface area (Å²) in [5.41, 5.74) is 7.13. The average Bonchev–Trinajstić information content (AvgIpc) is 2.18. The molecule has 65 valence electrons. The van der Waals surface area contributed by atoms with Crippen molar-refractivity contribution < 1.29 is 0 Å². The van der Waals surface area contributed by atoms with Crippen molar-refractivity contribution in [3.8, 4) is 0 Å². The predicted molar refractivity (Wildman–Crippen MR) is 51.7 cm³/mol. The molecule has 0 aliphatic heterocycles. The fourth-order valence-electron chi connectivity index (χ4n) is 1.33. The number of hydrogen-bond acceptors (Lipinski definition) is 1. The molecule has 0 atom stereocenters. The lowest BCUT2D eigenvalue weighted by Crippen LogP contribution is -2.35. The molecule has 1 radical (unpaired) electrons. The lowest BCUT2D eigenvalue weighted by molar-refractivity contribution is 0.412. The summed E-state index contributed by atoms with van der Waals surface area (Å²) in [6.07, 6.45) is 1.92. The Labute approximate surface area is 74.6 Å². The van der Waals surface area contributed by atoms with Crippen LogP contribution < -0.4 is 5.73 Å². The summed E-state index contributed by atoms with van der Waals surface area (Å²) >= 11 is 0. The van der Waals surface area contributed by atoms with Gasteiger partial charge in [0.05, 0.1) is 0 Å². The molecule has 2 N–H and O–H groups in total. The normalized spacial score (nSPS) is 11.6. The van der Waals surface area contributed by atoms with Gasteiger partial charge in [-0.25, -0.2) is 0 Å². The van der Waals surface area contributed by atoms with Crippen LogP contribution in [0.2, 0.25) is 0 Å². The van der Waals surface area contributed by atoms with Gasteiger partial charge in [-0.05, 0) is 24.5 Å². The highest BCUT2D eigenvalue weighted by Gasteiger charge is 2.21. The lowest BCUT2D eigenvalue weighted by atomic mass is 9.86. The Balaban J connectivity index is 2.95. The second-order valence-corrected chi connectivity index (χ2v) is 3.14. The first-order chi connectivity index (χ1) is 5.73. The first kappa shape index (κ1) is 9.27.